The van der Waals surface area contributed by atoms with E-state index >= 15 is 0 Å². The molecule has 0 aromatic rings. The van der Waals surface area contributed by atoms with Crippen LogP contribution < -0.4 is 0 Å². The van der Waals surface area contributed by atoms with E-state index in [9.17, 15) is 19.2 Å². The van der Waals surface area contributed by atoms with Crippen LogP contribution in [0.25, 0.3) is 0 Å². The lowest BCUT2D eigenvalue weighted by Crippen LogP contribution is -2.50. The van der Waals surface area contributed by atoms with Crippen molar-refractivity contribution >= 4 is 23.8 Å². The third kappa shape index (κ3) is 3.09. The van der Waals surface area contributed by atoms with Gasteiger partial charge in [0.15, 0.2) is 0 Å². The van der Waals surface area contributed by atoms with Crippen molar-refractivity contribution in [2.75, 3.05) is 20.1 Å². The molecule has 1 aliphatic carbocycles. The molecule has 0 atom stereocenters. The molecule has 8 nitrogen and oxygen atoms in total. The van der Waals surface area contributed by atoms with Crippen LogP contribution in [-0.2, 0) is 14.4 Å². The number of hydrogen-bond donors (Lipinski definition) is 1. The van der Waals surface area contributed by atoms with Gasteiger partial charge < -0.3 is 14.9 Å². The third-order valence-corrected chi connectivity index (χ3v) is 5.03. The Morgan fingerprint density at radius 2 is 1.79 bits per heavy atom. The largest absolute Gasteiger partial charge is 0.480 e. The summed E-state index contributed by atoms with van der Waals surface area (Å²) >= 11 is 0. The van der Waals surface area contributed by atoms with Crippen LogP contribution in [0.5, 0.6) is 0 Å². The molecule has 0 unspecified atom stereocenters. The normalized spacial score (nSPS) is 20.2. The van der Waals surface area contributed by atoms with E-state index in [4.69, 9.17) is 5.11 Å². The van der Waals surface area contributed by atoms with Gasteiger partial charge in [-0.15, -0.1) is 0 Å². The Labute approximate surface area is 141 Å². The number of aliphatic carboxylic acids is 1. The molecule has 0 aromatic carbocycles. The standard InChI is InChI=1S/C16H25N3O5/c1-11(2)18(10-13(21)22)12(20)9-19-14(23)16(17(3)15(19)24)7-5-4-6-8-16/h11H,4-10H2,1-3H3,(H,21,22). The molecule has 0 radical (unpaired) electrons. The van der Waals surface area contributed by atoms with Crippen LogP contribution in [0, 0.1) is 0 Å². The fraction of sp³-hybridized carbons (Fsp3) is 0.750. The quantitative estimate of drug-likeness (QED) is 0.751. The van der Waals surface area contributed by atoms with Gasteiger partial charge in [-0.1, -0.05) is 19.3 Å². The lowest BCUT2D eigenvalue weighted by Gasteiger charge is -2.35. The number of hydrogen-bond acceptors (Lipinski definition) is 4. The van der Waals surface area contributed by atoms with Crippen LogP contribution in [0.2, 0.25) is 0 Å². The topological polar surface area (TPSA) is 98.2 Å². The minimum absolute atomic E-state index is 0.331. The zero-order chi connectivity index (χ0) is 18.1. The molecule has 2 aliphatic rings. The summed E-state index contributed by atoms with van der Waals surface area (Å²) < 4.78 is 0. The van der Waals surface area contributed by atoms with Gasteiger partial charge in [0.2, 0.25) is 5.91 Å². The van der Waals surface area contributed by atoms with E-state index in [2.05, 4.69) is 0 Å². The maximum absolute atomic E-state index is 12.8. The third-order valence-electron chi connectivity index (χ3n) is 5.03. The number of carboxylic acids is 1. The van der Waals surface area contributed by atoms with Crippen LogP contribution in [0.15, 0.2) is 0 Å². The summed E-state index contributed by atoms with van der Waals surface area (Å²) in [6.07, 6.45) is 4.02. The van der Waals surface area contributed by atoms with Crippen molar-refractivity contribution in [2.45, 2.75) is 57.5 Å². The van der Waals surface area contributed by atoms with Crippen molar-refractivity contribution in [3.8, 4) is 0 Å². The van der Waals surface area contributed by atoms with E-state index < -0.39 is 36.5 Å². The highest BCUT2D eigenvalue weighted by atomic mass is 16.4. The van der Waals surface area contributed by atoms with E-state index in [1.165, 1.54) is 4.90 Å². The molecule has 1 spiro atoms. The lowest BCUT2D eigenvalue weighted by atomic mass is 9.81. The van der Waals surface area contributed by atoms with E-state index in [-0.39, 0.29) is 11.9 Å². The first-order valence-corrected chi connectivity index (χ1v) is 8.31. The second-order valence-electron chi connectivity index (χ2n) is 6.83. The van der Waals surface area contributed by atoms with Gasteiger partial charge in [-0.25, -0.2) is 4.79 Å². The molecule has 134 valence electrons. The molecule has 1 heterocycles. The van der Waals surface area contributed by atoms with Gasteiger partial charge in [-0.2, -0.15) is 0 Å². The monoisotopic (exact) mass is 339 g/mol. The maximum atomic E-state index is 12.8. The molecular weight excluding hydrogens is 314 g/mol. The van der Waals surface area contributed by atoms with Gasteiger partial charge in [0.1, 0.15) is 18.6 Å². The number of likely N-dealkylation sites (N-methyl/N-ethyl adjacent to an activating group) is 1. The minimum atomic E-state index is -1.13. The number of rotatable bonds is 5. The highest BCUT2D eigenvalue weighted by molar-refractivity contribution is 6.09. The van der Waals surface area contributed by atoms with E-state index in [1.807, 2.05) is 0 Å². The highest BCUT2D eigenvalue weighted by Gasteiger charge is 2.56. The molecule has 0 bridgehead atoms. The average molecular weight is 339 g/mol. The van der Waals surface area contributed by atoms with Crippen molar-refractivity contribution in [3.63, 3.8) is 0 Å². The smallest absolute Gasteiger partial charge is 0.327 e. The Balaban J connectivity index is 2.16. The average Bonchev–Trinajstić information content (AvgIpc) is 2.69. The summed E-state index contributed by atoms with van der Waals surface area (Å²) in [5.41, 5.74) is -0.828. The van der Waals surface area contributed by atoms with E-state index in [1.54, 1.807) is 20.9 Å². The summed E-state index contributed by atoms with van der Waals surface area (Å²) in [6.45, 7) is 2.54. The zero-order valence-corrected chi connectivity index (χ0v) is 14.4. The molecule has 2 fully saturated rings. The van der Waals surface area contributed by atoms with Gasteiger partial charge in [0.25, 0.3) is 5.91 Å². The summed E-state index contributed by atoms with van der Waals surface area (Å²) in [6, 6.07) is -0.808. The van der Waals surface area contributed by atoms with E-state index in [0.717, 1.165) is 29.1 Å². The van der Waals surface area contributed by atoms with Crippen LogP contribution in [0.3, 0.4) is 0 Å². The first-order chi connectivity index (χ1) is 11.2. The van der Waals surface area contributed by atoms with Crippen LogP contribution in [-0.4, -0.2) is 75.3 Å². The Kier molecular flexibility index (Phi) is 5.15. The van der Waals surface area contributed by atoms with Crippen molar-refractivity contribution < 1.29 is 24.3 Å². The summed E-state index contributed by atoms with van der Waals surface area (Å²) in [4.78, 5) is 52.3. The molecule has 1 saturated heterocycles. The Morgan fingerprint density at radius 1 is 1.21 bits per heavy atom. The molecule has 1 aliphatic heterocycles. The maximum Gasteiger partial charge on any atom is 0.327 e. The molecule has 2 rings (SSSR count). The summed E-state index contributed by atoms with van der Waals surface area (Å²) in [5, 5.41) is 8.94. The Bertz CT molecular complexity index is 554. The highest BCUT2D eigenvalue weighted by Crippen LogP contribution is 2.39. The molecule has 24 heavy (non-hydrogen) atoms. The van der Waals surface area contributed by atoms with Crippen molar-refractivity contribution in [2.24, 2.45) is 0 Å². The number of imide groups is 1. The minimum Gasteiger partial charge on any atom is -0.480 e. The zero-order valence-electron chi connectivity index (χ0n) is 14.4. The first kappa shape index (κ1) is 18.2. The molecule has 1 saturated carbocycles. The molecule has 8 heteroatoms. The number of carbonyl (C=O) groups excluding carboxylic acids is 3. The lowest BCUT2D eigenvalue weighted by molar-refractivity contribution is -0.147. The van der Waals surface area contributed by atoms with Crippen LogP contribution in [0.4, 0.5) is 4.79 Å². The van der Waals surface area contributed by atoms with Gasteiger partial charge in [0.05, 0.1) is 0 Å². The molecule has 1 N–H and O–H groups in total. The summed E-state index contributed by atoms with van der Waals surface area (Å²) in [5.74, 6) is -1.99. The van der Waals surface area contributed by atoms with Gasteiger partial charge in [0, 0.05) is 13.1 Å². The van der Waals surface area contributed by atoms with Gasteiger partial charge in [-0.3, -0.25) is 19.3 Å². The van der Waals surface area contributed by atoms with Crippen molar-refractivity contribution in [1.29, 1.82) is 0 Å². The molecule has 4 amide bonds. The first-order valence-electron chi connectivity index (χ1n) is 8.31. The van der Waals surface area contributed by atoms with Crippen molar-refractivity contribution in [1.82, 2.24) is 14.7 Å². The second-order valence-corrected chi connectivity index (χ2v) is 6.83. The van der Waals surface area contributed by atoms with Crippen molar-refractivity contribution in [3.05, 3.63) is 0 Å². The number of urea groups is 1. The number of carboxylic acid groups (broad SMARTS) is 1. The van der Waals surface area contributed by atoms with Crippen LogP contribution in [0.1, 0.15) is 46.0 Å². The Morgan fingerprint density at radius 3 is 2.29 bits per heavy atom. The predicted octanol–water partition coefficient (Wildman–Crippen LogP) is 0.905. The number of carbonyl (C=O) groups is 4. The second kappa shape index (κ2) is 6.78. The summed E-state index contributed by atoms with van der Waals surface area (Å²) in [7, 11) is 1.60. The Hall–Kier alpha value is -2.12. The fourth-order valence-electron chi connectivity index (χ4n) is 3.60. The number of amides is 4. The fourth-order valence-corrected chi connectivity index (χ4v) is 3.60. The van der Waals surface area contributed by atoms with Crippen LogP contribution >= 0.6 is 0 Å². The van der Waals surface area contributed by atoms with Gasteiger partial charge >= 0.3 is 12.0 Å². The predicted molar refractivity (Wildman–Crippen MR) is 85.2 cm³/mol. The SMILES string of the molecule is CC(C)N(CC(=O)O)C(=O)CN1C(=O)N(C)C2(CCCCC2)C1=O. The number of nitrogens with zero attached hydrogens (tertiary/aromatic N) is 3. The molecule has 0 aromatic heterocycles. The van der Waals surface area contributed by atoms with E-state index in [0.29, 0.717) is 12.8 Å². The molecular formula is C16H25N3O5. The van der Waals surface area contributed by atoms with Gasteiger partial charge in [-0.05, 0) is 26.7 Å².